The first-order valence-corrected chi connectivity index (χ1v) is 10.0. The number of hydrogen-bond donors (Lipinski definition) is 1. The molecule has 6 nitrogen and oxygen atoms in total. The van der Waals surface area contributed by atoms with Crippen LogP contribution in [0.3, 0.4) is 0 Å². The minimum absolute atomic E-state index is 0.0572. The maximum absolute atomic E-state index is 13.5. The van der Waals surface area contributed by atoms with Gasteiger partial charge in [-0.3, -0.25) is 14.7 Å². The highest BCUT2D eigenvalue weighted by molar-refractivity contribution is 5.81. The first-order chi connectivity index (χ1) is 13.5. The number of fused-ring (bicyclic) bond motifs is 1. The number of nitrogens with two attached hydrogens (primary N) is 1. The van der Waals surface area contributed by atoms with Crippen molar-refractivity contribution in [1.82, 2.24) is 14.8 Å². The second kappa shape index (κ2) is 8.01. The number of carbonyl (C=O) groups excluding carboxylic acids is 1. The zero-order valence-electron chi connectivity index (χ0n) is 16.3. The predicted octanol–water partition coefficient (Wildman–Crippen LogP) is 1.99. The van der Waals surface area contributed by atoms with Crippen molar-refractivity contribution in [3.63, 3.8) is 0 Å². The van der Waals surface area contributed by atoms with Crippen LogP contribution in [0, 0.1) is 0 Å². The van der Waals surface area contributed by atoms with E-state index in [9.17, 15) is 9.18 Å². The molecule has 0 spiro atoms. The molecule has 2 atom stereocenters. The van der Waals surface area contributed by atoms with Gasteiger partial charge in [-0.25, -0.2) is 4.39 Å². The summed E-state index contributed by atoms with van der Waals surface area (Å²) in [5, 5.41) is 1.14. The van der Waals surface area contributed by atoms with E-state index in [1.54, 1.807) is 0 Å². The molecule has 2 fully saturated rings. The van der Waals surface area contributed by atoms with Crippen molar-refractivity contribution in [1.29, 1.82) is 0 Å². The molecule has 28 heavy (non-hydrogen) atoms. The average Bonchev–Trinajstić information content (AvgIpc) is 3.06. The first kappa shape index (κ1) is 19.1. The van der Waals surface area contributed by atoms with Crippen molar-refractivity contribution in [3.05, 3.63) is 36.5 Å². The molecule has 0 bridgehead atoms. The Morgan fingerprint density at radius 2 is 2.07 bits per heavy atom. The lowest BCUT2D eigenvalue weighted by atomic mass is 10.0. The Bertz CT molecular complexity index is 838. The maximum Gasteiger partial charge on any atom is 0.238 e. The number of nitrogens with zero attached hydrogens (tertiary/aromatic N) is 4. The summed E-state index contributed by atoms with van der Waals surface area (Å²) in [6.07, 6.45) is 2.67. The van der Waals surface area contributed by atoms with E-state index in [4.69, 9.17) is 5.73 Å². The zero-order chi connectivity index (χ0) is 19.7. The smallest absolute Gasteiger partial charge is 0.238 e. The molecule has 1 aromatic heterocycles. The fourth-order valence-corrected chi connectivity index (χ4v) is 4.31. The van der Waals surface area contributed by atoms with Crippen molar-refractivity contribution < 1.29 is 9.18 Å². The van der Waals surface area contributed by atoms with Crippen LogP contribution in [0.1, 0.15) is 19.3 Å². The first-order valence-electron chi connectivity index (χ1n) is 10.0. The van der Waals surface area contributed by atoms with Gasteiger partial charge in [-0.1, -0.05) is 18.2 Å². The van der Waals surface area contributed by atoms with Crippen LogP contribution >= 0.6 is 0 Å². The van der Waals surface area contributed by atoms with E-state index >= 15 is 0 Å². The number of anilines is 1. The van der Waals surface area contributed by atoms with Crippen molar-refractivity contribution >= 4 is 22.5 Å². The molecule has 2 saturated heterocycles. The van der Waals surface area contributed by atoms with Crippen LogP contribution < -0.4 is 10.6 Å². The van der Waals surface area contributed by atoms with Crippen molar-refractivity contribution in [2.24, 2.45) is 5.73 Å². The molecule has 2 aliphatic heterocycles. The topological polar surface area (TPSA) is 65.7 Å². The third-order valence-electron chi connectivity index (χ3n) is 6.06. The summed E-state index contributed by atoms with van der Waals surface area (Å²) in [4.78, 5) is 23.0. The molecule has 7 heteroatoms. The molecule has 0 unspecified atom stereocenters. The second-order valence-corrected chi connectivity index (χ2v) is 7.95. The number of likely N-dealkylation sites (tertiary alicyclic amines) is 2. The quantitative estimate of drug-likeness (QED) is 0.872. The number of amides is 1. The summed E-state index contributed by atoms with van der Waals surface area (Å²) in [5.74, 6) is -0.0572. The van der Waals surface area contributed by atoms with Crippen molar-refractivity contribution in [2.75, 3.05) is 38.1 Å². The van der Waals surface area contributed by atoms with E-state index in [1.807, 2.05) is 24.4 Å². The minimum atomic E-state index is -0.992. The van der Waals surface area contributed by atoms with E-state index in [-0.39, 0.29) is 18.9 Å². The number of aromatic nitrogens is 1. The van der Waals surface area contributed by atoms with Gasteiger partial charge in [0.2, 0.25) is 5.91 Å². The van der Waals surface area contributed by atoms with Gasteiger partial charge in [0, 0.05) is 38.0 Å². The van der Waals surface area contributed by atoms with Crippen LogP contribution in [0.4, 0.5) is 10.1 Å². The van der Waals surface area contributed by atoms with Gasteiger partial charge in [-0.2, -0.15) is 0 Å². The van der Waals surface area contributed by atoms with Gasteiger partial charge in [0.05, 0.1) is 36.7 Å². The van der Waals surface area contributed by atoms with Gasteiger partial charge < -0.3 is 15.5 Å². The molecule has 150 valence electrons. The van der Waals surface area contributed by atoms with E-state index in [0.717, 1.165) is 42.5 Å². The monoisotopic (exact) mass is 385 g/mol. The van der Waals surface area contributed by atoms with Gasteiger partial charge in [0.15, 0.2) is 0 Å². The van der Waals surface area contributed by atoms with E-state index in [2.05, 4.69) is 34.0 Å². The van der Waals surface area contributed by atoms with E-state index in [1.165, 1.54) is 4.90 Å². The predicted molar refractivity (Wildman–Crippen MR) is 109 cm³/mol. The molecule has 1 aromatic carbocycles. The molecule has 0 saturated carbocycles. The Labute approximate surface area is 165 Å². The number of halogens is 1. The number of hydrogen-bond acceptors (Lipinski definition) is 5. The Balaban J connectivity index is 1.32. The minimum Gasteiger partial charge on any atom is -0.370 e. The second-order valence-electron chi connectivity index (χ2n) is 7.95. The van der Waals surface area contributed by atoms with Crippen LogP contribution in [0.25, 0.3) is 10.9 Å². The maximum atomic E-state index is 13.5. The summed E-state index contributed by atoms with van der Waals surface area (Å²) in [6, 6.07) is 10.7. The molecule has 2 aliphatic rings. The fourth-order valence-electron chi connectivity index (χ4n) is 4.31. The molecule has 0 radical (unpaired) electrons. The van der Waals surface area contributed by atoms with Gasteiger partial charge >= 0.3 is 0 Å². The average molecular weight is 385 g/mol. The number of piperidine rings is 1. The number of rotatable bonds is 4. The van der Waals surface area contributed by atoms with Crippen LogP contribution in [-0.2, 0) is 4.79 Å². The largest absolute Gasteiger partial charge is 0.370 e. The number of pyridine rings is 1. The van der Waals surface area contributed by atoms with Crippen molar-refractivity contribution in [3.8, 4) is 0 Å². The molecule has 2 aromatic rings. The molecule has 3 heterocycles. The van der Waals surface area contributed by atoms with E-state index < -0.39 is 12.3 Å². The molecule has 1 amide bonds. The molecular formula is C21H28FN5O. The highest BCUT2D eigenvalue weighted by atomic mass is 19.1. The summed E-state index contributed by atoms with van der Waals surface area (Å²) in [5.41, 5.74) is 7.99. The van der Waals surface area contributed by atoms with Gasteiger partial charge in [-0.05, 0) is 25.0 Å². The Morgan fingerprint density at radius 1 is 1.32 bits per heavy atom. The normalized spacial score (nSPS) is 24.0. The standard InChI is InChI=1S/C21H28FN5O/c1-25(18-10-15-4-2-3-5-19(15)24-12-18)17-6-8-26(9-7-17)14-21(28)27-13-16(22)11-20(27)23/h2-5,10,12,16-17,20H,6-9,11,13-14,23H2,1H3/t16-,20-/m0/s1. The lowest BCUT2D eigenvalue weighted by molar-refractivity contribution is -0.133. The zero-order valence-corrected chi connectivity index (χ0v) is 16.3. The number of carbonyl (C=O) groups is 1. The summed E-state index contributed by atoms with van der Waals surface area (Å²) < 4.78 is 13.5. The SMILES string of the molecule is CN(c1cnc2ccccc2c1)C1CCN(CC(=O)N2C[C@@H](F)C[C@H]2N)CC1. The van der Waals surface area contributed by atoms with Crippen LogP contribution in [0.15, 0.2) is 36.5 Å². The van der Waals surface area contributed by atoms with E-state index in [0.29, 0.717) is 12.6 Å². The van der Waals surface area contributed by atoms with Gasteiger partial charge in [0.1, 0.15) is 6.17 Å². The Kier molecular flexibility index (Phi) is 5.46. The molecule has 2 N–H and O–H groups in total. The molecular weight excluding hydrogens is 357 g/mol. The van der Waals surface area contributed by atoms with Crippen molar-refractivity contribution in [2.45, 2.75) is 37.6 Å². The number of para-hydroxylation sites is 1. The number of alkyl halides is 1. The number of benzene rings is 1. The fraction of sp³-hybridized carbons (Fsp3) is 0.524. The van der Waals surface area contributed by atoms with Gasteiger partial charge in [0.25, 0.3) is 0 Å². The highest BCUT2D eigenvalue weighted by Crippen LogP contribution is 2.25. The van der Waals surface area contributed by atoms with Crippen LogP contribution in [0.5, 0.6) is 0 Å². The molecule has 4 rings (SSSR count). The summed E-state index contributed by atoms with van der Waals surface area (Å²) in [7, 11) is 2.11. The summed E-state index contributed by atoms with van der Waals surface area (Å²) in [6.45, 7) is 2.16. The lowest BCUT2D eigenvalue weighted by Gasteiger charge is -2.38. The van der Waals surface area contributed by atoms with Gasteiger partial charge in [-0.15, -0.1) is 0 Å². The Hall–Kier alpha value is -2.25. The van der Waals surface area contributed by atoms with Crippen LogP contribution in [-0.4, -0.2) is 72.3 Å². The Morgan fingerprint density at radius 3 is 2.79 bits per heavy atom. The third kappa shape index (κ3) is 3.95. The van der Waals surface area contributed by atoms with Crippen LogP contribution in [0.2, 0.25) is 0 Å². The molecule has 0 aliphatic carbocycles. The highest BCUT2D eigenvalue weighted by Gasteiger charge is 2.34. The summed E-state index contributed by atoms with van der Waals surface area (Å²) >= 11 is 0. The lowest BCUT2D eigenvalue weighted by Crippen LogP contribution is -2.49. The third-order valence-corrected chi connectivity index (χ3v) is 6.06.